The van der Waals surface area contributed by atoms with Crippen LogP contribution in [0.3, 0.4) is 0 Å². The highest BCUT2D eigenvalue weighted by atomic mass is 16.5. The van der Waals surface area contributed by atoms with Crippen molar-refractivity contribution in [2.75, 3.05) is 40.9 Å². The lowest BCUT2D eigenvalue weighted by Crippen LogP contribution is -2.50. The van der Waals surface area contributed by atoms with Gasteiger partial charge >= 0.3 is 0 Å². The predicted octanol–water partition coefficient (Wildman–Crippen LogP) is 2.28. The van der Waals surface area contributed by atoms with Gasteiger partial charge in [-0.25, -0.2) is 0 Å². The predicted molar refractivity (Wildman–Crippen MR) is 107 cm³/mol. The van der Waals surface area contributed by atoms with Crippen LogP contribution in [0.2, 0.25) is 0 Å². The Balaban J connectivity index is 1.77. The highest BCUT2D eigenvalue weighted by Gasteiger charge is 2.21. The molecule has 146 valence electrons. The van der Waals surface area contributed by atoms with Gasteiger partial charge in [0.1, 0.15) is 0 Å². The van der Waals surface area contributed by atoms with Crippen molar-refractivity contribution in [2.24, 2.45) is 4.99 Å². The van der Waals surface area contributed by atoms with Gasteiger partial charge in [-0.2, -0.15) is 0 Å². The number of guanidine groups is 1. The summed E-state index contributed by atoms with van der Waals surface area (Å²) in [4.78, 5) is 6.90. The van der Waals surface area contributed by atoms with Gasteiger partial charge in [0.05, 0.1) is 14.2 Å². The number of piperidine rings is 1. The van der Waals surface area contributed by atoms with Crippen molar-refractivity contribution in [1.29, 1.82) is 0 Å². The number of nitrogens with zero attached hydrogens (tertiary/aromatic N) is 2. The molecule has 0 bridgehead atoms. The summed E-state index contributed by atoms with van der Waals surface area (Å²) in [6, 6.07) is 7.18. The maximum Gasteiger partial charge on any atom is 0.191 e. The smallest absolute Gasteiger partial charge is 0.191 e. The van der Waals surface area contributed by atoms with E-state index in [0.29, 0.717) is 12.1 Å². The van der Waals surface area contributed by atoms with Crippen molar-refractivity contribution in [3.63, 3.8) is 0 Å². The fourth-order valence-corrected chi connectivity index (χ4v) is 3.31. The first-order chi connectivity index (χ1) is 12.6. The largest absolute Gasteiger partial charge is 0.493 e. The first-order valence-electron chi connectivity index (χ1n) is 9.49. The lowest BCUT2D eigenvalue weighted by Gasteiger charge is -2.35. The molecule has 1 aromatic carbocycles. The molecule has 2 N–H and O–H groups in total. The second-order valence-electron chi connectivity index (χ2n) is 6.99. The molecule has 1 saturated heterocycles. The third kappa shape index (κ3) is 5.80. The summed E-state index contributed by atoms with van der Waals surface area (Å²) in [5.41, 5.74) is 1.20. The fraction of sp³-hybridized carbons (Fsp3) is 0.650. The summed E-state index contributed by atoms with van der Waals surface area (Å²) >= 11 is 0. The van der Waals surface area contributed by atoms with Crippen LogP contribution in [0, 0.1) is 0 Å². The lowest BCUT2D eigenvalue weighted by atomic mass is 10.0. The molecular weight excluding hydrogens is 328 g/mol. The normalized spacial score (nSPS) is 16.6. The lowest BCUT2D eigenvalue weighted by molar-refractivity contribution is 0.167. The molecular formula is C20H34N4O2. The Morgan fingerprint density at radius 2 is 1.88 bits per heavy atom. The van der Waals surface area contributed by atoms with Gasteiger partial charge in [-0.1, -0.05) is 6.07 Å². The quantitative estimate of drug-likeness (QED) is 0.576. The molecule has 1 aliphatic rings. The molecule has 2 rings (SSSR count). The van der Waals surface area contributed by atoms with Crippen molar-refractivity contribution < 1.29 is 9.47 Å². The van der Waals surface area contributed by atoms with E-state index in [0.717, 1.165) is 56.4 Å². The molecule has 1 aliphatic heterocycles. The van der Waals surface area contributed by atoms with Gasteiger partial charge < -0.3 is 25.0 Å². The van der Waals surface area contributed by atoms with E-state index in [1.807, 2.05) is 19.2 Å². The van der Waals surface area contributed by atoms with Gasteiger partial charge in [0.2, 0.25) is 0 Å². The van der Waals surface area contributed by atoms with E-state index in [1.165, 1.54) is 5.56 Å². The Hall–Kier alpha value is -1.95. The van der Waals surface area contributed by atoms with Crippen LogP contribution in [0.1, 0.15) is 32.3 Å². The first-order valence-corrected chi connectivity index (χ1v) is 9.49. The van der Waals surface area contributed by atoms with Gasteiger partial charge in [-0.05, 0) is 50.8 Å². The highest BCUT2D eigenvalue weighted by molar-refractivity contribution is 5.79. The highest BCUT2D eigenvalue weighted by Crippen LogP contribution is 2.27. The number of hydrogen-bond donors (Lipinski definition) is 2. The molecule has 0 saturated carbocycles. The summed E-state index contributed by atoms with van der Waals surface area (Å²) in [6.45, 7) is 7.65. The van der Waals surface area contributed by atoms with Crippen LogP contribution in [-0.2, 0) is 6.42 Å². The monoisotopic (exact) mass is 362 g/mol. The number of nitrogens with one attached hydrogen (secondary N) is 2. The molecule has 0 spiro atoms. The van der Waals surface area contributed by atoms with Crippen LogP contribution in [0.25, 0.3) is 0 Å². The molecule has 0 atom stereocenters. The molecule has 0 radical (unpaired) electrons. The van der Waals surface area contributed by atoms with E-state index in [-0.39, 0.29) is 0 Å². The van der Waals surface area contributed by atoms with Gasteiger partial charge in [0, 0.05) is 38.8 Å². The number of likely N-dealkylation sites (tertiary alicyclic amines) is 1. The van der Waals surface area contributed by atoms with Crippen LogP contribution in [-0.4, -0.2) is 63.8 Å². The average molecular weight is 363 g/mol. The molecule has 1 fully saturated rings. The second kappa shape index (κ2) is 10.3. The number of benzene rings is 1. The van der Waals surface area contributed by atoms with Crippen molar-refractivity contribution >= 4 is 5.96 Å². The SMILES string of the molecule is CN=C(NCCc1ccc(OC)c(OC)c1)NC1CCN(C(C)C)CC1. The summed E-state index contributed by atoms with van der Waals surface area (Å²) < 4.78 is 10.7. The van der Waals surface area contributed by atoms with Crippen molar-refractivity contribution in [1.82, 2.24) is 15.5 Å². The second-order valence-corrected chi connectivity index (χ2v) is 6.99. The summed E-state index contributed by atoms with van der Waals surface area (Å²) in [5, 5.41) is 6.98. The maximum absolute atomic E-state index is 5.37. The molecule has 1 heterocycles. The summed E-state index contributed by atoms with van der Waals surface area (Å²) in [5.74, 6) is 2.41. The standard InChI is InChI=1S/C20H34N4O2/c1-15(2)24-12-9-17(10-13-24)23-20(21-3)22-11-8-16-6-7-18(25-4)19(14-16)26-5/h6-7,14-15,17H,8-13H2,1-5H3,(H2,21,22,23). The summed E-state index contributed by atoms with van der Waals surface area (Å²) in [7, 11) is 5.14. The number of hydrogen-bond acceptors (Lipinski definition) is 4. The first kappa shape index (κ1) is 20.4. The Morgan fingerprint density at radius 1 is 1.19 bits per heavy atom. The summed E-state index contributed by atoms with van der Waals surface area (Å²) in [6.07, 6.45) is 3.22. The zero-order chi connectivity index (χ0) is 18.9. The average Bonchev–Trinajstić information content (AvgIpc) is 2.67. The number of ether oxygens (including phenoxy) is 2. The fourth-order valence-electron chi connectivity index (χ4n) is 3.31. The molecule has 0 aliphatic carbocycles. The van der Waals surface area contributed by atoms with E-state index in [1.54, 1.807) is 14.2 Å². The molecule has 26 heavy (non-hydrogen) atoms. The van der Waals surface area contributed by atoms with Crippen LogP contribution < -0.4 is 20.1 Å². The number of rotatable bonds is 7. The van der Waals surface area contributed by atoms with Gasteiger partial charge in [0.15, 0.2) is 17.5 Å². The van der Waals surface area contributed by atoms with Crippen molar-refractivity contribution in [3.8, 4) is 11.5 Å². The van der Waals surface area contributed by atoms with Gasteiger partial charge in [-0.15, -0.1) is 0 Å². The van der Waals surface area contributed by atoms with Crippen LogP contribution >= 0.6 is 0 Å². The van der Waals surface area contributed by atoms with Crippen LogP contribution in [0.15, 0.2) is 23.2 Å². The van der Waals surface area contributed by atoms with E-state index < -0.39 is 0 Å². The minimum absolute atomic E-state index is 0.497. The third-order valence-electron chi connectivity index (χ3n) is 4.98. The minimum atomic E-state index is 0.497. The Labute approximate surface area is 158 Å². The molecule has 0 amide bonds. The zero-order valence-corrected chi connectivity index (χ0v) is 16.8. The third-order valence-corrected chi connectivity index (χ3v) is 4.98. The Kier molecular flexibility index (Phi) is 8.04. The van der Waals surface area contributed by atoms with E-state index in [9.17, 15) is 0 Å². The number of methoxy groups -OCH3 is 2. The maximum atomic E-state index is 5.37. The number of aliphatic imine (C=N–C) groups is 1. The van der Waals surface area contributed by atoms with Crippen LogP contribution in [0.5, 0.6) is 11.5 Å². The molecule has 0 unspecified atom stereocenters. The van der Waals surface area contributed by atoms with Gasteiger partial charge in [-0.3, -0.25) is 4.99 Å². The minimum Gasteiger partial charge on any atom is -0.493 e. The van der Waals surface area contributed by atoms with E-state index in [4.69, 9.17) is 9.47 Å². The van der Waals surface area contributed by atoms with E-state index >= 15 is 0 Å². The van der Waals surface area contributed by atoms with E-state index in [2.05, 4.69) is 40.4 Å². The van der Waals surface area contributed by atoms with Crippen molar-refractivity contribution in [3.05, 3.63) is 23.8 Å². The molecule has 6 nitrogen and oxygen atoms in total. The Morgan fingerprint density at radius 3 is 2.46 bits per heavy atom. The van der Waals surface area contributed by atoms with Gasteiger partial charge in [0.25, 0.3) is 0 Å². The van der Waals surface area contributed by atoms with Crippen molar-refractivity contribution in [2.45, 2.75) is 45.2 Å². The molecule has 6 heteroatoms. The molecule has 1 aromatic rings. The topological polar surface area (TPSA) is 58.1 Å². The zero-order valence-electron chi connectivity index (χ0n) is 16.8. The Bertz CT molecular complexity index is 581. The van der Waals surface area contributed by atoms with Crippen LogP contribution in [0.4, 0.5) is 0 Å². The molecule has 0 aromatic heterocycles.